The number of thiazole rings is 1. The van der Waals surface area contributed by atoms with Crippen LogP contribution in [-0.4, -0.2) is 40.6 Å². The highest BCUT2D eigenvalue weighted by molar-refractivity contribution is 7.07. The van der Waals surface area contributed by atoms with Gasteiger partial charge in [0.15, 0.2) is 4.80 Å². The Morgan fingerprint density at radius 3 is 2.44 bits per heavy atom. The molecule has 1 unspecified atom stereocenters. The summed E-state index contributed by atoms with van der Waals surface area (Å²) in [5.74, 6) is 0.849. The number of hydrogen-bond donors (Lipinski definition) is 0. The average molecular weight is 659 g/mol. The molecule has 242 valence electrons. The van der Waals surface area contributed by atoms with Crippen molar-refractivity contribution in [3.05, 3.63) is 152 Å². The molecule has 0 radical (unpaired) electrons. The highest BCUT2D eigenvalue weighted by Crippen LogP contribution is 2.32. The smallest absolute Gasteiger partial charge is 0.338 e. The first-order chi connectivity index (χ1) is 23.3. The van der Waals surface area contributed by atoms with Crippen molar-refractivity contribution in [2.24, 2.45) is 4.99 Å². The number of ether oxygens (including phenoxy) is 3. The Morgan fingerprint density at radius 2 is 1.75 bits per heavy atom. The number of carbonyl (C=O) groups excluding carboxylic acids is 1. The van der Waals surface area contributed by atoms with Crippen LogP contribution in [0.4, 0.5) is 0 Å². The molecule has 1 aliphatic heterocycles. The highest BCUT2D eigenvalue weighted by Gasteiger charge is 2.33. The minimum absolute atomic E-state index is 0.0321. The molecule has 0 bridgehead atoms. The van der Waals surface area contributed by atoms with Crippen molar-refractivity contribution in [3.63, 3.8) is 0 Å². The van der Waals surface area contributed by atoms with Gasteiger partial charge in [0.2, 0.25) is 0 Å². The quantitative estimate of drug-likeness (QED) is 0.134. The van der Waals surface area contributed by atoms with E-state index in [1.165, 1.54) is 17.4 Å². The van der Waals surface area contributed by atoms with E-state index in [0.717, 1.165) is 33.7 Å². The predicted molar refractivity (Wildman–Crippen MR) is 187 cm³/mol. The van der Waals surface area contributed by atoms with Crippen LogP contribution < -0.4 is 24.4 Å². The number of fused-ring (bicyclic) bond motifs is 1. The zero-order chi connectivity index (χ0) is 33.8. The van der Waals surface area contributed by atoms with Gasteiger partial charge in [0.25, 0.3) is 5.56 Å². The number of allylic oxidation sites excluding steroid dienone is 1. The van der Waals surface area contributed by atoms with Gasteiger partial charge in [-0.25, -0.2) is 14.5 Å². The molecular formula is C38H34N4O5S. The van der Waals surface area contributed by atoms with E-state index in [9.17, 15) is 9.59 Å². The van der Waals surface area contributed by atoms with E-state index in [1.807, 2.05) is 79.9 Å². The second-order valence-electron chi connectivity index (χ2n) is 11.0. The van der Waals surface area contributed by atoms with Crippen LogP contribution in [0.1, 0.15) is 29.7 Å². The summed E-state index contributed by atoms with van der Waals surface area (Å²) in [4.78, 5) is 32.9. The number of carbonyl (C=O) groups is 1. The summed E-state index contributed by atoms with van der Waals surface area (Å²) >= 11 is 1.26. The van der Waals surface area contributed by atoms with E-state index < -0.39 is 12.0 Å². The third-order valence-electron chi connectivity index (χ3n) is 7.86. The number of benzene rings is 3. The molecule has 0 N–H and O–H groups in total. The van der Waals surface area contributed by atoms with Gasteiger partial charge in [-0.2, -0.15) is 5.10 Å². The largest absolute Gasteiger partial charge is 0.497 e. The number of esters is 1. The average Bonchev–Trinajstić information content (AvgIpc) is 3.66. The fourth-order valence-electron chi connectivity index (χ4n) is 5.58. The summed E-state index contributed by atoms with van der Waals surface area (Å²) < 4.78 is 20.4. The molecule has 3 aromatic carbocycles. The number of hydrogen-bond acceptors (Lipinski definition) is 8. The van der Waals surface area contributed by atoms with Gasteiger partial charge in [0, 0.05) is 17.3 Å². The number of nitrogens with zero attached hydrogens (tertiary/aromatic N) is 4. The topological polar surface area (TPSA) is 96.9 Å². The highest BCUT2D eigenvalue weighted by atomic mass is 32.1. The molecule has 0 saturated carbocycles. The molecule has 0 amide bonds. The van der Waals surface area contributed by atoms with E-state index >= 15 is 0 Å². The summed E-state index contributed by atoms with van der Waals surface area (Å²) in [6.45, 7) is 11.6. The van der Waals surface area contributed by atoms with E-state index in [0.29, 0.717) is 33.1 Å². The van der Waals surface area contributed by atoms with E-state index in [2.05, 4.69) is 13.2 Å². The van der Waals surface area contributed by atoms with Crippen molar-refractivity contribution in [3.8, 4) is 28.4 Å². The molecule has 0 saturated heterocycles. The molecule has 1 atom stereocenters. The number of aryl methyl sites for hydroxylation is 1. The van der Waals surface area contributed by atoms with Crippen LogP contribution in [0, 0.1) is 6.92 Å². The minimum atomic E-state index is -0.760. The SMILES string of the molecule is C=CCOC(=O)C1=C(C)N=c2s/c(=C/c3cn(-c4ccccc4)nc3-c3ccc(OCC=C)c(C)c3)c(=O)n2C1c1ccc(OC)cc1. The van der Waals surface area contributed by atoms with Gasteiger partial charge < -0.3 is 14.2 Å². The Balaban J connectivity index is 1.53. The van der Waals surface area contributed by atoms with Crippen molar-refractivity contribution in [1.29, 1.82) is 0 Å². The lowest BCUT2D eigenvalue weighted by atomic mass is 9.96. The fourth-order valence-corrected chi connectivity index (χ4v) is 6.61. The van der Waals surface area contributed by atoms with Gasteiger partial charge >= 0.3 is 5.97 Å². The maximum absolute atomic E-state index is 14.4. The minimum Gasteiger partial charge on any atom is -0.497 e. The lowest BCUT2D eigenvalue weighted by molar-refractivity contribution is -0.138. The molecular weight excluding hydrogens is 625 g/mol. The first kappa shape index (κ1) is 32.2. The van der Waals surface area contributed by atoms with Gasteiger partial charge in [0.1, 0.15) is 30.4 Å². The third kappa shape index (κ3) is 6.30. The molecule has 2 aromatic heterocycles. The molecule has 6 rings (SSSR count). The van der Waals surface area contributed by atoms with Crippen LogP contribution in [0.3, 0.4) is 0 Å². The first-order valence-electron chi connectivity index (χ1n) is 15.3. The Bertz CT molecular complexity index is 2230. The molecule has 9 nitrogen and oxygen atoms in total. The van der Waals surface area contributed by atoms with Gasteiger partial charge in [-0.1, -0.05) is 67.0 Å². The molecule has 0 aliphatic carbocycles. The van der Waals surface area contributed by atoms with Crippen LogP contribution in [0.5, 0.6) is 11.5 Å². The Labute approximate surface area is 281 Å². The third-order valence-corrected chi connectivity index (χ3v) is 8.84. The van der Waals surface area contributed by atoms with Crippen LogP contribution in [0.15, 0.2) is 125 Å². The molecule has 5 aromatic rings. The van der Waals surface area contributed by atoms with E-state index in [4.69, 9.17) is 24.3 Å². The first-order valence-corrected chi connectivity index (χ1v) is 16.1. The molecule has 10 heteroatoms. The van der Waals surface area contributed by atoms with E-state index in [1.54, 1.807) is 41.5 Å². The van der Waals surface area contributed by atoms with Crippen molar-refractivity contribution < 1.29 is 19.0 Å². The standard InChI is InChI=1S/C38H34N4O5S/c1-6-19-46-31-18-15-27(21-24(31)3)34-28(23-41(40-34)29-11-9-8-10-12-29)22-32-36(43)42-35(26-13-16-30(45-5)17-14-26)33(37(44)47-20-7-2)25(4)39-38(42)48-32/h6-18,21-23,35H,1-2,19-20H2,3-5H3/b32-22+. The number of para-hydroxylation sites is 1. The van der Waals surface area contributed by atoms with Gasteiger partial charge in [-0.15, -0.1) is 0 Å². The summed E-state index contributed by atoms with van der Waals surface area (Å²) in [5, 5.41) is 4.96. The maximum Gasteiger partial charge on any atom is 0.338 e. The fraction of sp³-hybridized carbons (Fsp3) is 0.158. The summed E-state index contributed by atoms with van der Waals surface area (Å²) in [5.41, 5.74) is 5.31. The normalized spacial score (nSPS) is 14.2. The van der Waals surface area contributed by atoms with Crippen LogP contribution in [0.25, 0.3) is 23.0 Å². The zero-order valence-electron chi connectivity index (χ0n) is 26.9. The molecule has 0 spiro atoms. The van der Waals surface area contributed by atoms with Crippen molar-refractivity contribution in [2.45, 2.75) is 19.9 Å². The number of rotatable bonds is 11. The Morgan fingerprint density at radius 1 is 1.00 bits per heavy atom. The number of aromatic nitrogens is 3. The van der Waals surface area contributed by atoms with Crippen LogP contribution in [-0.2, 0) is 9.53 Å². The lowest BCUT2D eigenvalue weighted by Crippen LogP contribution is -2.39. The zero-order valence-corrected chi connectivity index (χ0v) is 27.7. The Hall–Kier alpha value is -5.74. The monoisotopic (exact) mass is 658 g/mol. The molecule has 3 heterocycles. The van der Waals surface area contributed by atoms with E-state index in [-0.39, 0.29) is 17.7 Å². The van der Waals surface area contributed by atoms with Crippen LogP contribution >= 0.6 is 11.3 Å². The summed E-state index contributed by atoms with van der Waals surface area (Å²) in [6, 6.07) is 22.2. The predicted octanol–water partition coefficient (Wildman–Crippen LogP) is 5.70. The maximum atomic E-state index is 14.4. The second-order valence-corrected chi connectivity index (χ2v) is 12.0. The second kappa shape index (κ2) is 13.9. The lowest BCUT2D eigenvalue weighted by Gasteiger charge is -2.24. The van der Waals surface area contributed by atoms with Gasteiger partial charge in [-0.3, -0.25) is 9.36 Å². The summed E-state index contributed by atoms with van der Waals surface area (Å²) in [7, 11) is 1.58. The number of methoxy groups -OCH3 is 1. The Kier molecular flexibility index (Phi) is 9.36. The molecule has 1 aliphatic rings. The van der Waals surface area contributed by atoms with Gasteiger partial charge in [0.05, 0.1) is 34.6 Å². The van der Waals surface area contributed by atoms with Gasteiger partial charge in [-0.05, 0) is 73.5 Å². The van der Waals surface area contributed by atoms with Crippen molar-refractivity contribution in [1.82, 2.24) is 14.3 Å². The summed E-state index contributed by atoms with van der Waals surface area (Å²) in [6.07, 6.45) is 6.95. The van der Waals surface area contributed by atoms with Crippen LogP contribution in [0.2, 0.25) is 0 Å². The molecule has 48 heavy (non-hydrogen) atoms. The molecule has 0 fully saturated rings. The van der Waals surface area contributed by atoms with Crippen molar-refractivity contribution in [2.75, 3.05) is 20.3 Å². The van der Waals surface area contributed by atoms with Crippen molar-refractivity contribution >= 4 is 23.4 Å².